The number of hydrogen-bond acceptors (Lipinski definition) is 3. The largest absolute Gasteiger partial charge is 0.379 e. The van der Waals surface area contributed by atoms with Gasteiger partial charge in [0.1, 0.15) is 0 Å². The predicted molar refractivity (Wildman–Crippen MR) is 108 cm³/mol. The number of hydrogen-bond donors (Lipinski definition) is 1. The molecule has 2 unspecified atom stereocenters. The van der Waals surface area contributed by atoms with Crippen LogP contribution in [-0.2, 0) is 4.74 Å². The summed E-state index contributed by atoms with van der Waals surface area (Å²) in [4.78, 5) is 9.85. The molecule has 2 fully saturated rings. The van der Waals surface area contributed by atoms with Crippen molar-refractivity contribution in [3.8, 4) is 0 Å². The second kappa shape index (κ2) is 9.42. The van der Waals surface area contributed by atoms with E-state index in [9.17, 15) is 0 Å². The van der Waals surface area contributed by atoms with E-state index >= 15 is 0 Å². The van der Waals surface area contributed by atoms with E-state index in [4.69, 9.17) is 9.73 Å². The molecule has 0 aromatic carbocycles. The van der Waals surface area contributed by atoms with Crippen LogP contribution in [0.25, 0.3) is 0 Å². The van der Waals surface area contributed by atoms with Crippen LogP contribution in [0.2, 0.25) is 0 Å². The lowest BCUT2D eigenvalue weighted by molar-refractivity contribution is -0.0166. The average Bonchev–Trinajstić information content (AvgIpc) is 2.83. The Morgan fingerprint density at radius 3 is 2.70 bits per heavy atom. The summed E-state index contributed by atoms with van der Waals surface area (Å²) in [6, 6.07) is 0.954. The van der Waals surface area contributed by atoms with Crippen molar-refractivity contribution in [1.29, 1.82) is 0 Å². The first-order valence-electron chi connectivity index (χ1n) is 8.79. The van der Waals surface area contributed by atoms with Gasteiger partial charge in [-0.05, 0) is 32.6 Å². The number of morpholine rings is 1. The van der Waals surface area contributed by atoms with Crippen LogP contribution < -0.4 is 5.32 Å². The molecule has 2 rings (SSSR count). The Balaban J connectivity index is 0.00000264. The number of guanidine groups is 1. The first-order valence-corrected chi connectivity index (χ1v) is 8.79. The van der Waals surface area contributed by atoms with Crippen LogP contribution in [0.5, 0.6) is 0 Å². The van der Waals surface area contributed by atoms with E-state index in [0.717, 1.165) is 51.9 Å². The van der Waals surface area contributed by atoms with Gasteiger partial charge in [-0.1, -0.05) is 13.8 Å². The third kappa shape index (κ3) is 6.05. The molecule has 2 aliphatic rings. The Hall–Kier alpha value is -0.0800. The SMILES string of the molecule is CCNC(=NCC(C)N1CCOCC1C)N1CCC(C)(C)C1.I. The summed E-state index contributed by atoms with van der Waals surface area (Å²) in [5.74, 6) is 1.08. The molecule has 0 aliphatic carbocycles. The molecule has 6 heteroatoms. The van der Waals surface area contributed by atoms with Crippen LogP contribution in [0.3, 0.4) is 0 Å². The molecular formula is C17H35IN4O. The van der Waals surface area contributed by atoms with Gasteiger partial charge in [-0.3, -0.25) is 9.89 Å². The topological polar surface area (TPSA) is 40.1 Å². The summed E-state index contributed by atoms with van der Waals surface area (Å²) in [7, 11) is 0. The van der Waals surface area contributed by atoms with Gasteiger partial charge >= 0.3 is 0 Å². The molecule has 0 saturated carbocycles. The molecule has 1 N–H and O–H groups in total. The lowest BCUT2D eigenvalue weighted by atomic mass is 9.93. The zero-order valence-electron chi connectivity index (χ0n) is 15.5. The second-order valence-electron chi connectivity index (χ2n) is 7.54. The van der Waals surface area contributed by atoms with E-state index in [1.165, 1.54) is 6.42 Å². The van der Waals surface area contributed by atoms with E-state index in [1.54, 1.807) is 0 Å². The predicted octanol–water partition coefficient (Wildman–Crippen LogP) is 2.41. The maximum absolute atomic E-state index is 5.53. The van der Waals surface area contributed by atoms with Crippen molar-refractivity contribution in [2.75, 3.05) is 45.9 Å². The molecule has 2 atom stereocenters. The molecule has 5 nitrogen and oxygen atoms in total. The minimum absolute atomic E-state index is 0. The zero-order chi connectivity index (χ0) is 16.2. The lowest BCUT2D eigenvalue weighted by Gasteiger charge is -2.37. The number of halogens is 1. The van der Waals surface area contributed by atoms with Crippen LogP contribution in [-0.4, -0.2) is 73.8 Å². The Morgan fingerprint density at radius 2 is 2.13 bits per heavy atom. The maximum Gasteiger partial charge on any atom is 0.193 e. The number of aliphatic imine (C=N–C) groups is 1. The standard InChI is InChI=1S/C17H34N4O.HI/c1-6-18-16(20-8-7-17(4,5)13-20)19-11-14(2)21-9-10-22-12-15(21)3;/h14-15H,6-13H2,1-5H3,(H,18,19);1H. The molecule has 0 bridgehead atoms. The monoisotopic (exact) mass is 438 g/mol. The average molecular weight is 438 g/mol. The first-order chi connectivity index (χ1) is 10.4. The molecule has 23 heavy (non-hydrogen) atoms. The highest BCUT2D eigenvalue weighted by Gasteiger charge is 2.31. The smallest absolute Gasteiger partial charge is 0.193 e. The van der Waals surface area contributed by atoms with Crippen molar-refractivity contribution in [3.05, 3.63) is 0 Å². The maximum atomic E-state index is 5.53. The summed E-state index contributed by atoms with van der Waals surface area (Å²) < 4.78 is 5.53. The second-order valence-corrected chi connectivity index (χ2v) is 7.54. The third-order valence-electron chi connectivity index (χ3n) is 4.80. The van der Waals surface area contributed by atoms with Gasteiger partial charge in [0.05, 0.1) is 19.8 Å². The molecule has 0 spiro atoms. The van der Waals surface area contributed by atoms with E-state index in [-0.39, 0.29) is 24.0 Å². The summed E-state index contributed by atoms with van der Waals surface area (Å²) in [5, 5.41) is 3.46. The van der Waals surface area contributed by atoms with Gasteiger partial charge in [0.15, 0.2) is 5.96 Å². The fraction of sp³-hybridized carbons (Fsp3) is 0.941. The van der Waals surface area contributed by atoms with Crippen molar-refractivity contribution in [2.45, 2.75) is 53.1 Å². The summed E-state index contributed by atoms with van der Waals surface area (Å²) in [6.07, 6.45) is 1.24. The van der Waals surface area contributed by atoms with Crippen molar-refractivity contribution in [1.82, 2.24) is 15.1 Å². The normalized spacial score (nSPS) is 26.7. The Bertz CT molecular complexity index is 389. The number of rotatable bonds is 4. The van der Waals surface area contributed by atoms with E-state index in [1.807, 2.05) is 0 Å². The van der Waals surface area contributed by atoms with Crippen LogP contribution in [0.15, 0.2) is 4.99 Å². The van der Waals surface area contributed by atoms with Crippen LogP contribution in [0, 0.1) is 5.41 Å². The molecule has 2 saturated heterocycles. The van der Waals surface area contributed by atoms with Gasteiger partial charge in [0, 0.05) is 38.3 Å². The lowest BCUT2D eigenvalue weighted by Crippen LogP contribution is -2.49. The Kier molecular flexibility index (Phi) is 8.58. The van der Waals surface area contributed by atoms with Gasteiger partial charge in [-0.25, -0.2) is 0 Å². The minimum atomic E-state index is 0. The van der Waals surface area contributed by atoms with Crippen molar-refractivity contribution >= 4 is 29.9 Å². The summed E-state index contributed by atoms with van der Waals surface area (Å²) in [5.41, 5.74) is 0.403. The summed E-state index contributed by atoms with van der Waals surface area (Å²) in [6.45, 7) is 18.0. The highest BCUT2D eigenvalue weighted by Crippen LogP contribution is 2.28. The van der Waals surface area contributed by atoms with Crippen molar-refractivity contribution < 1.29 is 4.74 Å². The van der Waals surface area contributed by atoms with E-state index < -0.39 is 0 Å². The number of nitrogens with one attached hydrogen (secondary N) is 1. The zero-order valence-corrected chi connectivity index (χ0v) is 17.8. The molecule has 0 radical (unpaired) electrons. The number of ether oxygens (including phenoxy) is 1. The molecule has 2 heterocycles. The van der Waals surface area contributed by atoms with Gasteiger partial charge in [-0.2, -0.15) is 0 Å². The molecular weight excluding hydrogens is 403 g/mol. The highest BCUT2D eigenvalue weighted by atomic mass is 127. The third-order valence-corrected chi connectivity index (χ3v) is 4.80. The van der Waals surface area contributed by atoms with Gasteiger partial charge in [-0.15, -0.1) is 24.0 Å². The van der Waals surface area contributed by atoms with Crippen molar-refractivity contribution in [2.24, 2.45) is 10.4 Å². The Morgan fingerprint density at radius 1 is 1.39 bits per heavy atom. The number of nitrogens with zero attached hydrogens (tertiary/aromatic N) is 3. The van der Waals surface area contributed by atoms with E-state index in [2.05, 4.69) is 49.7 Å². The van der Waals surface area contributed by atoms with Crippen LogP contribution in [0.1, 0.15) is 41.0 Å². The first kappa shape index (κ1) is 21.0. The fourth-order valence-electron chi connectivity index (χ4n) is 3.44. The van der Waals surface area contributed by atoms with Crippen molar-refractivity contribution in [3.63, 3.8) is 0 Å². The van der Waals surface area contributed by atoms with E-state index in [0.29, 0.717) is 17.5 Å². The minimum Gasteiger partial charge on any atom is -0.379 e. The molecule has 136 valence electrons. The number of likely N-dealkylation sites (tertiary alicyclic amines) is 1. The van der Waals surface area contributed by atoms with Crippen LogP contribution >= 0.6 is 24.0 Å². The van der Waals surface area contributed by atoms with Gasteiger partial charge in [0.2, 0.25) is 0 Å². The molecule has 2 aliphatic heterocycles. The Labute approximate surface area is 159 Å². The van der Waals surface area contributed by atoms with Gasteiger partial charge in [0.25, 0.3) is 0 Å². The fourth-order valence-corrected chi connectivity index (χ4v) is 3.44. The quantitative estimate of drug-likeness (QED) is 0.416. The van der Waals surface area contributed by atoms with Crippen LogP contribution in [0.4, 0.5) is 0 Å². The summed E-state index contributed by atoms with van der Waals surface area (Å²) >= 11 is 0. The molecule has 0 amide bonds. The molecule has 0 aromatic rings. The highest BCUT2D eigenvalue weighted by molar-refractivity contribution is 14.0. The molecule has 0 aromatic heterocycles. The van der Waals surface area contributed by atoms with Gasteiger partial charge < -0.3 is 15.0 Å².